The zero-order valence-electron chi connectivity index (χ0n) is 13.5. The van der Waals surface area contributed by atoms with Crippen molar-refractivity contribution < 1.29 is 18.0 Å². The smallest absolute Gasteiger partial charge is 0.261 e. The van der Waals surface area contributed by atoms with Crippen molar-refractivity contribution >= 4 is 21.8 Å². The van der Waals surface area contributed by atoms with E-state index in [0.717, 1.165) is 4.90 Å². The SMILES string of the molecule is C=CC1=C(C=C)C(=O)N(CCS(=O)(=O)N2CC(N)C2)C1=O.CC. The van der Waals surface area contributed by atoms with Gasteiger partial charge in [0.25, 0.3) is 11.8 Å². The third kappa shape index (κ3) is 3.77. The second-order valence-corrected chi connectivity index (χ2v) is 6.98. The molecule has 2 aliphatic rings. The van der Waals surface area contributed by atoms with Gasteiger partial charge in [-0.25, -0.2) is 8.42 Å². The van der Waals surface area contributed by atoms with Crippen LogP contribution in [0, 0.1) is 0 Å². The highest BCUT2D eigenvalue weighted by molar-refractivity contribution is 7.89. The Bertz CT molecular complexity index is 616. The molecule has 0 saturated carbocycles. The first kappa shape index (κ1) is 19.3. The minimum atomic E-state index is -3.50. The molecule has 0 aromatic carbocycles. The second kappa shape index (κ2) is 7.67. The van der Waals surface area contributed by atoms with Gasteiger partial charge in [0, 0.05) is 25.7 Å². The van der Waals surface area contributed by atoms with Crippen LogP contribution in [-0.2, 0) is 19.6 Å². The molecule has 7 nitrogen and oxygen atoms in total. The Hall–Kier alpha value is -1.77. The van der Waals surface area contributed by atoms with Crippen LogP contribution in [-0.4, -0.2) is 60.9 Å². The van der Waals surface area contributed by atoms with E-state index >= 15 is 0 Å². The summed E-state index contributed by atoms with van der Waals surface area (Å²) in [5.41, 5.74) is 5.85. The molecule has 23 heavy (non-hydrogen) atoms. The van der Waals surface area contributed by atoms with Crippen LogP contribution in [0.4, 0.5) is 0 Å². The first-order chi connectivity index (χ1) is 10.8. The molecule has 2 N–H and O–H groups in total. The maximum Gasteiger partial charge on any atom is 0.261 e. The van der Waals surface area contributed by atoms with Crippen molar-refractivity contribution in [3.8, 4) is 0 Å². The highest BCUT2D eigenvalue weighted by Crippen LogP contribution is 2.22. The molecule has 0 radical (unpaired) electrons. The second-order valence-electron chi connectivity index (χ2n) is 4.89. The van der Waals surface area contributed by atoms with E-state index in [2.05, 4.69) is 13.2 Å². The lowest BCUT2D eigenvalue weighted by Crippen LogP contribution is -2.58. The Morgan fingerprint density at radius 1 is 1.13 bits per heavy atom. The monoisotopic (exact) mass is 341 g/mol. The van der Waals surface area contributed by atoms with Crippen LogP contribution in [0.25, 0.3) is 0 Å². The Morgan fingerprint density at radius 2 is 1.57 bits per heavy atom. The third-order valence-electron chi connectivity index (χ3n) is 3.49. The molecule has 8 heteroatoms. The molecule has 2 rings (SSSR count). The lowest BCUT2D eigenvalue weighted by molar-refractivity contribution is -0.137. The quantitative estimate of drug-likeness (QED) is 0.687. The maximum atomic E-state index is 12.0. The molecular formula is C15H23N3O4S. The molecule has 0 aromatic rings. The predicted molar refractivity (Wildman–Crippen MR) is 88.8 cm³/mol. The molecule has 1 saturated heterocycles. The van der Waals surface area contributed by atoms with Gasteiger partial charge in [-0.05, 0) is 0 Å². The third-order valence-corrected chi connectivity index (χ3v) is 5.28. The summed E-state index contributed by atoms with van der Waals surface area (Å²) in [6.45, 7) is 11.3. The number of nitrogens with two attached hydrogens (primary N) is 1. The van der Waals surface area contributed by atoms with Gasteiger partial charge < -0.3 is 5.73 Å². The van der Waals surface area contributed by atoms with Crippen molar-refractivity contribution in [2.24, 2.45) is 5.73 Å². The molecule has 1 fully saturated rings. The number of amides is 2. The van der Waals surface area contributed by atoms with Crippen LogP contribution >= 0.6 is 0 Å². The summed E-state index contributed by atoms with van der Waals surface area (Å²) in [5, 5.41) is 0. The van der Waals surface area contributed by atoms with Crippen molar-refractivity contribution in [3.63, 3.8) is 0 Å². The van der Waals surface area contributed by atoms with Gasteiger partial charge >= 0.3 is 0 Å². The minimum Gasteiger partial charge on any atom is -0.325 e. The molecule has 0 atom stereocenters. The fourth-order valence-corrected chi connectivity index (χ4v) is 3.75. The largest absolute Gasteiger partial charge is 0.325 e. The van der Waals surface area contributed by atoms with Gasteiger partial charge in [0.1, 0.15) is 0 Å². The number of carbonyl (C=O) groups excluding carboxylic acids is 2. The molecule has 2 amide bonds. The number of hydrogen-bond donors (Lipinski definition) is 1. The summed E-state index contributed by atoms with van der Waals surface area (Å²) < 4.78 is 25.2. The summed E-state index contributed by atoms with van der Waals surface area (Å²) in [4.78, 5) is 25.0. The zero-order chi connectivity index (χ0) is 17.8. The van der Waals surface area contributed by atoms with E-state index in [0.29, 0.717) is 0 Å². The van der Waals surface area contributed by atoms with Gasteiger partial charge in [-0.3, -0.25) is 14.5 Å². The average molecular weight is 341 g/mol. The molecule has 2 aliphatic heterocycles. The molecule has 0 aromatic heterocycles. The van der Waals surface area contributed by atoms with E-state index in [1.807, 2.05) is 13.8 Å². The fourth-order valence-electron chi connectivity index (χ4n) is 2.24. The topological polar surface area (TPSA) is 101 Å². The van der Waals surface area contributed by atoms with E-state index in [-0.39, 0.29) is 42.6 Å². The van der Waals surface area contributed by atoms with Gasteiger partial charge in [-0.2, -0.15) is 4.31 Å². The number of hydrogen-bond acceptors (Lipinski definition) is 5. The molecule has 0 aliphatic carbocycles. The number of nitrogens with zero attached hydrogens (tertiary/aromatic N) is 2. The van der Waals surface area contributed by atoms with Crippen LogP contribution in [0.1, 0.15) is 13.8 Å². The van der Waals surface area contributed by atoms with Gasteiger partial charge in [-0.1, -0.05) is 39.2 Å². The lowest BCUT2D eigenvalue weighted by Gasteiger charge is -2.35. The highest BCUT2D eigenvalue weighted by Gasteiger charge is 2.38. The Balaban J connectivity index is 0.00000127. The van der Waals surface area contributed by atoms with Crippen molar-refractivity contribution in [1.82, 2.24) is 9.21 Å². The molecule has 0 spiro atoms. The first-order valence-corrected chi connectivity index (χ1v) is 9.01. The van der Waals surface area contributed by atoms with Crippen molar-refractivity contribution in [2.45, 2.75) is 19.9 Å². The standard InChI is InChI=1S/C13H17N3O4S.C2H6/c1-3-10-11(4-2)13(18)16(12(10)17)5-6-21(19,20)15-7-9(14)8-15;1-2/h3-4,9H,1-2,5-8,14H2;1-2H3. The Kier molecular flexibility index (Phi) is 6.43. The first-order valence-electron chi connectivity index (χ1n) is 7.40. The zero-order valence-corrected chi connectivity index (χ0v) is 14.3. The minimum absolute atomic E-state index is 0.142. The molecule has 0 unspecified atom stereocenters. The van der Waals surface area contributed by atoms with Crippen molar-refractivity contribution in [1.29, 1.82) is 0 Å². The van der Waals surface area contributed by atoms with Crippen LogP contribution in [0.2, 0.25) is 0 Å². The van der Waals surface area contributed by atoms with E-state index in [1.165, 1.54) is 16.5 Å². The van der Waals surface area contributed by atoms with Crippen molar-refractivity contribution in [2.75, 3.05) is 25.4 Å². The summed E-state index contributed by atoms with van der Waals surface area (Å²) in [7, 11) is -3.50. The molecule has 128 valence electrons. The molecule has 0 bridgehead atoms. The van der Waals surface area contributed by atoms with Crippen LogP contribution < -0.4 is 5.73 Å². The van der Waals surface area contributed by atoms with E-state index in [4.69, 9.17) is 5.73 Å². The Morgan fingerprint density at radius 3 is 1.91 bits per heavy atom. The highest BCUT2D eigenvalue weighted by atomic mass is 32.2. The predicted octanol–water partition coefficient (Wildman–Crippen LogP) is 0.0227. The van der Waals surface area contributed by atoms with Crippen LogP contribution in [0.5, 0.6) is 0 Å². The summed E-state index contributed by atoms with van der Waals surface area (Å²) in [5.74, 6) is -1.40. The summed E-state index contributed by atoms with van der Waals surface area (Å²) in [6.07, 6.45) is 2.56. The van der Waals surface area contributed by atoms with Crippen LogP contribution in [0.15, 0.2) is 36.5 Å². The summed E-state index contributed by atoms with van der Waals surface area (Å²) in [6, 6.07) is -0.142. The fraction of sp³-hybridized carbons (Fsp3) is 0.467. The molecule has 2 heterocycles. The van der Waals surface area contributed by atoms with Gasteiger partial charge in [-0.15, -0.1) is 0 Å². The van der Waals surface area contributed by atoms with Gasteiger partial charge in [0.2, 0.25) is 10.0 Å². The lowest BCUT2D eigenvalue weighted by atomic mass is 10.1. The van der Waals surface area contributed by atoms with Gasteiger partial charge in [0.05, 0.1) is 16.9 Å². The number of imide groups is 1. The summed E-state index contributed by atoms with van der Waals surface area (Å²) >= 11 is 0. The van der Waals surface area contributed by atoms with E-state index < -0.39 is 21.8 Å². The number of sulfonamides is 1. The number of carbonyl (C=O) groups is 2. The van der Waals surface area contributed by atoms with Gasteiger partial charge in [0.15, 0.2) is 0 Å². The van der Waals surface area contributed by atoms with Crippen LogP contribution in [0.3, 0.4) is 0 Å². The van der Waals surface area contributed by atoms with E-state index in [1.54, 1.807) is 0 Å². The number of rotatable bonds is 6. The maximum absolute atomic E-state index is 12.0. The van der Waals surface area contributed by atoms with E-state index in [9.17, 15) is 18.0 Å². The normalized spacial score (nSPS) is 19.3. The average Bonchev–Trinajstić information content (AvgIpc) is 2.73. The van der Waals surface area contributed by atoms with Crippen molar-refractivity contribution in [3.05, 3.63) is 36.5 Å². The molecular weight excluding hydrogens is 318 g/mol. The Labute approximate surface area is 137 Å².